The molecule has 0 saturated carbocycles. The number of nitrogens with one attached hydrogen (secondary N) is 1. The van der Waals surface area contributed by atoms with Crippen molar-refractivity contribution in [2.45, 2.75) is 59.0 Å². The lowest BCUT2D eigenvalue weighted by atomic mass is 10.1. The summed E-state index contributed by atoms with van der Waals surface area (Å²) in [6, 6.07) is 12.3. The minimum Gasteiger partial charge on any atom is -0.354 e. The van der Waals surface area contributed by atoms with E-state index in [4.69, 9.17) is 0 Å². The zero-order valence-corrected chi connectivity index (χ0v) is 21.8. The lowest BCUT2D eigenvalue weighted by Crippen LogP contribution is -2.49. The number of sulfonamides is 1. The Morgan fingerprint density at radius 2 is 1.66 bits per heavy atom. The van der Waals surface area contributed by atoms with Crippen LogP contribution in [-0.2, 0) is 26.2 Å². The second-order valence-electron chi connectivity index (χ2n) is 8.64. The van der Waals surface area contributed by atoms with Crippen molar-refractivity contribution in [1.29, 1.82) is 0 Å². The number of benzene rings is 2. The Morgan fingerprint density at radius 3 is 2.20 bits per heavy atom. The van der Waals surface area contributed by atoms with E-state index >= 15 is 0 Å². The molecule has 0 radical (unpaired) electrons. The molecule has 2 aromatic carbocycles. The molecule has 0 bridgehead atoms. The molecule has 0 unspecified atom stereocenters. The monoisotopic (exact) mass is 505 g/mol. The molecule has 35 heavy (non-hydrogen) atoms. The standard InChI is InChI=1S/C26H36FN3O4S/c1-5-17-28-26(32)24(6-2)29(19-21-11-13-22(27)14-12-21)25(31)8-7-18-30(35(4,33)34)23-15-9-20(3)10-16-23/h9-16,24H,5-8,17-19H2,1-4H3,(H,28,32)/t24-/m0/s1. The molecule has 0 saturated heterocycles. The van der Waals surface area contributed by atoms with Gasteiger partial charge in [-0.25, -0.2) is 12.8 Å². The maximum atomic E-state index is 13.4. The van der Waals surface area contributed by atoms with Gasteiger partial charge in [0.05, 0.1) is 11.9 Å². The zero-order chi connectivity index (χ0) is 26.0. The fourth-order valence-corrected chi connectivity index (χ4v) is 4.75. The molecule has 0 aromatic heterocycles. The maximum Gasteiger partial charge on any atom is 0.242 e. The normalized spacial score (nSPS) is 12.1. The van der Waals surface area contributed by atoms with E-state index in [1.165, 1.54) is 21.3 Å². The molecule has 2 rings (SSSR count). The molecule has 2 amide bonds. The van der Waals surface area contributed by atoms with Gasteiger partial charge in [0.15, 0.2) is 0 Å². The third-order valence-corrected chi connectivity index (χ3v) is 6.87. The number of amides is 2. The van der Waals surface area contributed by atoms with Gasteiger partial charge in [-0.15, -0.1) is 0 Å². The Hall–Kier alpha value is -2.94. The molecule has 0 fully saturated rings. The molecular weight excluding hydrogens is 469 g/mol. The van der Waals surface area contributed by atoms with Gasteiger partial charge in [-0.2, -0.15) is 0 Å². The van der Waals surface area contributed by atoms with Crippen LogP contribution < -0.4 is 9.62 Å². The number of hydrogen-bond donors (Lipinski definition) is 1. The predicted molar refractivity (Wildman–Crippen MR) is 137 cm³/mol. The molecular formula is C26H36FN3O4S. The van der Waals surface area contributed by atoms with Crippen LogP contribution in [0.2, 0.25) is 0 Å². The van der Waals surface area contributed by atoms with Crippen molar-refractivity contribution in [2.75, 3.05) is 23.7 Å². The van der Waals surface area contributed by atoms with Crippen LogP contribution in [0.1, 0.15) is 50.7 Å². The summed E-state index contributed by atoms with van der Waals surface area (Å²) in [5.74, 6) is -0.872. The highest BCUT2D eigenvalue weighted by Gasteiger charge is 2.28. The third kappa shape index (κ3) is 8.65. The van der Waals surface area contributed by atoms with E-state index in [2.05, 4.69) is 5.32 Å². The van der Waals surface area contributed by atoms with Gasteiger partial charge < -0.3 is 10.2 Å². The smallest absolute Gasteiger partial charge is 0.242 e. The number of aryl methyl sites for hydroxylation is 1. The summed E-state index contributed by atoms with van der Waals surface area (Å²) in [6.45, 7) is 6.51. The lowest BCUT2D eigenvalue weighted by molar-refractivity contribution is -0.141. The zero-order valence-electron chi connectivity index (χ0n) is 21.0. The lowest BCUT2D eigenvalue weighted by Gasteiger charge is -2.31. The average Bonchev–Trinajstić information content (AvgIpc) is 2.81. The van der Waals surface area contributed by atoms with E-state index in [0.717, 1.165) is 18.2 Å². The highest BCUT2D eigenvalue weighted by Crippen LogP contribution is 2.20. The third-order valence-electron chi connectivity index (χ3n) is 5.68. The number of carbonyl (C=O) groups is 2. The van der Waals surface area contributed by atoms with Crippen molar-refractivity contribution < 1.29 is 22.4 Å². The van der Waals surface area contributed by atoms with E-state index in [1.54, 1.807) is 24.3 Å². The Kier molecular flexibility index (Phi) is 10.7. The van der Waals surface area contributed by atoms with E-state index < -0.39 is 16.1 Å². The van der Waals surface area contributed by atoms with Crippen LogP contribution in [0.25, 0.3) is 0 Å². The summed E-state index contributed by atoms with van der Waals surface area (Å²) < 4.78 is 39.4. The molecule has 9 heteroatoms. The van der Waals surface area contributed by atoms with Crippen LogP contribution >= 0.6 is 0 Å². The van der Waals surface area contributed by atoms with E-state index in [9.17, 15) is 22.4 Å². The maximum absolute atomic E-state index is 13.4. The fourth-order valence-electron chi connectivity index (χ4n) is 3.79. The SMILES string of the molecule is CCCNC(=O)[C@H](CC)N(Cc1ccc(F)cc1)C(=O)CCCN(c1ccc(C)cc1)S(C)(=O)=O. The summed E-state index contributed by atoms with van der Waals surface area (Å²) in [6.07, 6.45) is 2.68. The molecule has 0 aliphatic carbocycles. The van der Waals surface area contributed by atoms with Gasteiger partial charge in [0.2, 0.25) is 21.8 Å². The highest BCUT2D eigenvalue weighted by molar-refractivity contribution is 7.92. The molecule has 0 aliphatic rings. The summed E-state index contributed by atoms with van der Waals surface area (Å²) >= 11 is 0. The summed E-state index contributed by atoms with van der Waals surface area (Å²) in [5, 5.41) is 2.85. The molecule has 192 valence electrons. The van der Waals surface area contributed by atoms with Crippen molar-refractivity contribution >= 4 is 27.5 Å². The van der Waals surface area contributed by atoms with Gasteiger partial charge in [-0.1, -0.05) is 43.7 Å². The summed E-state index contributed by atoms with van der Waals surface area (Å²) in [4.78, 5) is 27.6. The highest BCUT2D eigenvalue weighted by atomic mass is 32.2. The quantitative estimate of drug-likeness (QED) is 0.446. The second-order valence-corrected chi connectivity index (χ2v) is 10.5. The van der Waals surface area contributed by atoms with Crippen molar-refractivity contribution in [3.05, 3.63) is 65.5 Å². The topological polar surface area (TPSA) is 86.8 Å². The minimum atomic E-state index is -3.54. The number of anilines is 1. The molecule has 2 aromatic rings. The van der Waals surface area contributed by atoms with Gasteiger partial charge in [0.1, 0.15) is 11.9 Å². The Bertz CT molecular complexity index is 1070. The first-order valence-corrected chi connectivity index (χ1v) is 13.8. The Labute approximate surface area is 208 Å². The summed E-state index contributed by atoms with van der Waals surface area (Å²) in [5.41, 5.74) is 2.26. The largest absolute Gasteiger partial charge is 0.354 e. The van der Waals surface area contributed by atoms with Crippen molar-refractivity contribution in [2.24, 2.45) is 0 Å². The average molecular weight is 506 g/mol. The summed E-state index contributed by atoms with van der Waals surface area (Å²) in [7, 11) is -3.54. The van der Waals surface area contributed by atoms with Gasteiger partial charge in [0.25, 0.3) is 0 Å². The number of rotatable bonds is 13. The van der Waals surface area contributed by atoms with Crippen LogP contribution in [0.4, 0.5) is 10.1 Å². The fraction of sp³-hybridized carbons (Fsp3) is 0.462. The first kappa shape index (κ1) is 28.3. The molecule has 0 spiro atoms. The van der Waals surface area contributed by atoms with E-state index in [-0.39, 0.29) is 43.6 Å². The molecule has 0 aliphatic heterocycles. The first-order valence-electron chi connectivity index (χ1n) is 11.9. The van der Waals surface area contributed by atoms with Crippen LogP contribution in [-0.4, -0.2) is 50.5 Å². The Morgan fingerprint density at radius 1 is 1.03 bits per heavy atom. The number of hydrogen-bond acceptors (Lipinski definition) is 4. The second kappa shape index (κ2) is 13.2. The first-order chi connectivity index (χ1) is 16.6. The molecule has 1 atom stereocenters. The number of carbonyl (C=O) groups excluding carboxylic acids is 2. The number of nitrogens with zero attached hydrogens (tertiary/aromatic N) is 2. The van der Waals surface area contributed by atoms with E-state index in [1.807, 2.05) is 32.9 Å². The molecule has 7 nitrogen and oxygen atoms in total. The van der Waals surface area contributed by atoms with Gasteiger partial charge in [0, 0.05) is 26.1 Å². The van der Waals surface area contributed by atoms with Crippen molar-refractivity contribution in [3.63, 3.8) is 0 Å². The molecule has 1 N–H and O–H groups in total. The Balaban J connectivity index is 2.18. The van der Waals surface area contributed by atoms with Crippen LogP contribution in [0.3, 0.4) is 0 Å². The van der Waals surface area contributed by atoms with Gasteiger partial charge >= 0.3 is 0 Å². The van der Waals surface area contributed by atoms with Gasteiger partial charge in [-0.3, -0.25) is 13.9 Å². The van der Waals surface area contributed by atoms with Crippen LogP contribution in [0, 0.1) is 12.7 Å². The van der Waals surface area contributed by atoms with Crippen molar-refractivity contribution in [3.8, 4) is 0 Å². The van der Waals surface area contributed by atoms with Crippen LogP contribution in [0.15, 0.2) is 48.5 Å². The minimum absolute atomic E-state index is 0.0661. The predicted octanol–water partition coefficient (Wildman–Crippen LogP) is 4.01. The molecule has 0 heterocycles. The van der Waals surface area contributed by atoms with Crippen LogP contribution in [0.5, 0.6) is 0 Å². The van der Waals surface area contributed by atoms with Gasteiger partial charge in [-0.05, 0) is 56.0 Å². The number of halogens is 1. The van der Waals surface area contributed by atoms with E-state index in [0.29, 0.717) is 24.2 Å². The van der Waals surface area contributed by atoms with Crippen molar-refractivity contribution in [1.82, 2.24) is 10.2 Å².